The number of aryl methyl sites for hydroxylation is 1. The fraction of sp³-hybridized carbons (Fsp3) is 0.500. The van der Waals surface area contributed by atoms with Gasteiger partial charge in [0.15, 0.2) is 0 Å². The molecule has 2 aromatic rings. The summed E-state index contributed by atoms with van der Waals surface area (Å²) in [6.07, 6.45) is 3.36. The van der Waals surface area contributed by atoms with Gasteiger partial charge in [-0.25, -0.2) is 0 Å². The topological polar surface area (TPSA) is 66.8 Å². The largest absolute Gasteiger partial charge is 0.481 e. The molecule has 1 fully saturated rings. The average Bonchev–Trinajstić information content (AvgIpc) is 3.05. The van der Waals surface area contributed by atoms with E-state index < -0.39 is 11.4 Å². The van der Waals surface area contributed by atoms with Crippen molar-refractivity contribution in [1.82, 2.24) is 4.90 Å². The van der Waals surface area contributed by atoms with Crippen molar-refractivity contribution in [1.29, 1.82) is 0 Å². The molecule has 1 aliphatic heterocycles. The molecule has 1 aromatic carbocycles. The normalized spacial score (nSPS) is 20.4. The van der Waals surface area contributed by atoms with Gasteiger partial charge in [0.1, 0.15) is 5.41 Å². The highest BCUT2D eigenvalue weighted by molar-refractivity contribution is 7.17. The lowest BCUT2D eigenvalue weighted by Crippen LogP contribution is -2.52. The number of nitrogens with zero attached hydrogens (tertiary/aromatic N) is 1. The van der Waals surface area contributed by atoms with Gasteiger partial charge in [0, 0.05) is 31.3 Å². The van der Waals surface area contributed by atoms with Crippen LogP contribution in [0.25, 0.3) is 10.1 Å². The molecule has 1 aliphatic rings. The first-order valence-corrected chi connectivity index (χ1v) is 9.89. The summed E-state index contributed by atoms with van der Waals surface area (Å²) >= 11 is 1.73. The molecule has 1 amide bonds. The minimum absolute atomic E-state index is 0.0472. The number of thiophene rings is 1. The zero-order valence-electron chi connectivity index (χ0n) is 15.1. The molecule has 1 atom stereocenters. The Morgan fingerprint density at radius 3 is 2.92 bits per heavy atom. The molecule has 0 spiro atoms. The number of carboxylic acids is 1. The first kappa shape index (κ1) is 18.9. The van der Waals surface area contributed by atoms with Gasteiger partial charge in [-0.05, 0) is 48.1 Å². The number of amides is 1. The third kappa shape index (κ3) is 3.91. The van der Waals surface area contributed by atoms with Crippen LogP contribution in [0.5, 0.6) is 0 Å². The van der Waals surface area contributed by atoms with E-state index in [2.05, 4.69) is 17.5 Å². The van der Waals surface area contributed by atoms with Crippen molar-refractivity contribution >= 4 is 33.3 Å². The van der Waals surface area contributed by atoms with Crippen LogP contribution in [0.2, 0.25) is 0 Å². The first-order chi connectivity index (χ1) is 12.6. The molecule has 0 saturated carbocycles. The van der Waals surface area contributed by atoms with Crippen LogP contribution in [0.15, 0.2) is 29.6 Å². The lowest BCUT2D eigenvalue weighted by molar-refractivity contribution is -0.159. The highest BCUT2D eigenvalue weighted by Gasteiger charge is 2.43. The van der Waals surface area contributed by atoms with Gasteiger partial charge in [-0.1, -0.05) is 18.2 Å². The van der Waals surface area contributed by atoms with Crippen molar-refractivity contribution in [2.75, 3.05) is 26.8 Å². The van der Waals surface area contributed by atoms with Gasteiger partial charge in [0.2, 0.25) is 5.91 Å². The van der Waals surface area contributed by atoms with E-state index in [4.69, 9.17) is 4.74 Å². The lowest BCUT2D eigenvalue weighted by Gasteiger charge is -2.39. The number of likely N-dealkylation sites (tertiary alicyclic amines) is 1. The minimum atomic E-state index is -0.966. The van der Waals surface area contributed by atoms with Crippen LogP contribution in [0.4, 0.5) is 0 Å². The Morgan fingerprint density at radius 1 is 1.35 bits per heavy atom. The molecule has 0 bridgehead atoms. The van der Waals surface area contributed by atoms with Crippen LogP contribution < -0.4 is 0 Å². The van der Waals surface area contributed by atoms with Crippen LogP contribution in [-0.4, -0.2) is 48.7 Å². The average molecular weight is 375 g/mol. The number of hydrogen-bond acceptors (Lipinski definition) is 4. The minimum Gasteiger partial charge on any atom is -0.481 e. The Morgan fingerprint density at radius 2 is 2.15 bits per heavy atom. The molecule has 6 heteroatoms. The Labute approximate surface area is 157 Å². The third-order valence-electron chi connectivity index (χ3n) is 5.20. The molecule has 1 N–H and O–H groups in total. The smallest absolute Gasteiger partial charge is 0.313 e. The Hall–Kier alpha value is -1.92. The summed E-state index contributed by atoms with van der Waals surface area (Å²) < 4.78 is 6.40. The summed E-state index contributed by atoms with van der Waals surface area (Å²) in [5.41, 5.74) is 0.322. The molecular weight excluding hydrogens is 350 g/mol. The maximum absolute atomic E-state index is 12.6. The molecule has 26 heavy (non-hydrogen) atoms. The molecule has 0 radical (unpaired) electrons. The van der Waals surface area contributed by atoms with E-state index in [-0.39, 0.29) is 19.1 Å². The zero-order valence-corrected chi connectivity index (χ0v) is 15.9. The van der Waals surface area contributed by atoms with E-state index in [0.29, 0.717) is 25.8 Å². The Bertz CT molecular complexity index is 783. The standard InChI is InChI=1S/C20H25NO4S/c1-25-14-20(19(23)24)10-5-11-21(13-20)18(22)9-4-6-15-12-26-17-8-3-2-7-16(15)17/h2-3,7-8,12H,4-6,9-11,13-14H2,1H3,(H,23,24). The van der Waals surface area contributed by atoms with Crippen molar-refractivity contribution in [3.63, 3.8) is 0 Å². The number of hydrogen-bond donors (Lipinski definition) is 1. The van der Waals surface area contributed by atoms with Gasteiger partial charge in [-0.3, -0.25) is 9.59 Å². The van der Waals surface area contributed by atoms with Gasteiger partial charge in [-0.15, -0.1) is 11.3 Å². The summed E-state index contributed by atoms with van der Waals surface area (Å²) in [4.78, 5) is 26.0. The van der Waals surface area contributed by atoms with Crippen LogP contribution in [-0.2, 0) is 20.7 Å². The van der Waals surface area contributed by atoms with Gasteiger partial charge < -0.3 is 14.7 Å². The maximum atomic E-state index is 12.6. The van der Waals surface area contributed by atoms with Crippen LogP contribution >= 0.6 is 11.3 Å². The summed E-state index contributed by atoms with van der Waals surface area (Å²) in [7, 11) is 1.51. The van der Waals surface area contributed by atoms with E-state index >= 15 is 0 Å². The van der Waals surface area contributed by atoms with E-state index in [1.165, 1.54) is 22.8 Å². The summed E-state index contributed by atoms with van der Waals surface area (Å²) in [6, 6.07) is 8.32. The van der Waals surface area contributed by atoms with Crippen molar-refractivity contribution in [3.05, 3.63) is 35.2 Å². The van der Waals surface area contributed by atoms with Gasteiger partial charge in [0.05, 0.1) is 6.61 Å². The summed E-state index contributed by atoms with van der Waals surface area (Å²) in [6.45, 7) is 1.03. The fourth-order valence-electron chi connectivity index (χ4n) is 3.79. The SMILES string of the molecule is COCC1(C(=O)O)CCCN(C(=O)CCCc2csc3ccccc23)C1. The number of piperidine rings is 1. The number of rotatable bonds is 7. The lowest BCUT2D eigenvalue weighted by atomic mass is 9.80. The number of carboxylic acid groups (broad SMARTS) is 1. The second-order valence-electron chi connectivity index (χ2n) is 7.05. The fourth-order valence-corrected chi connectivity index (χ4v) is 4.79. The molecule has 1 unspecified atom stereocenters. The molecule has 1 saturated heterocycles. The third-order valence-corrected chi connectivity index (χ3v) is 6.21. The molecule has 140 valence electrons. The predicted octanol–water partition coefficient (Wildman–Crippen LogP) is 3.56. The van der Waals surface area contributed by atoms with E-state index in [0.717, 1.165) is 12.8 Å². The van der Waals surface area contributed by atoms with Crippen LogP contribution in [0.1, 0.15) is 31.2 Å². The number of methoxy groups -OCH3 is 1. The molecule has 0 aliphatic carbocycles. The van der Waals surface area contributed by atoms with Crippen LogP contribution in [0, 0.1) is 5.41 Å². The maximum Gasteiger partial charge on any atom is 0.313 e. The number of ether oxygens (including phenoxy) is 1. The molecule has 2 heterocycles. The molecular formula is C20H25NO4S. The van der Waals surface area contributed by atoms with Crippen molar-refractivity contribution in [2.45, 2.75) is 32.1 Å². The number of fused-ring (bicyclic) bond motifs is 1. The predicted molar refractivity (Wildman–Crippen MR) is 103 cm³/mol. The summed E-state index contributed by atoms with van der Waals surface area (Å²) in [5, 5.41) is 13.0. The Kier molecular flexibility index (Phi) is 5.94. The highest BCUT2D eigenvalue weighted by atomic mass is 32.1. The van der Waals surface area contributed by atoms with Crippen molar-refractivity contribution in [2.24, 2.45) is 5.41 Å². The summed E-state index contributed by atoms with van der Waals surface area (Å²) in [5.74, 6) is -0.826. The monoisotopic (exact) mass is 375 g/mol. The second kappa shape index (κ2) is 8.18. The van der Waals surface area contributed by atoms with Crippen LogP contribution in [0.3, 0.4) is 0 Å². The zero-order chi connectivity index (χ0) is 18.6. The number of carbonyl (C=O) groups excluding carboxylic acids is 1. The number of carbonyl (C=O) groups is 2. The van der Waals surface area contributed by atoms with Gasteiger partial charge >= 0.3 is 5.97 Å². The van der Waals surface area contributed by atoms with Crippen molar-refractivity contribution in [3.8, 4) is 0 Å². The van der Waals surface area contributed by atoms with Crippen molar-refractivity contribution < 1.29 is 19.4 Å². The van der Waals surface area contributed by atoms with E-state index in [1.54, 1.807) is 16.2 Å². The van der Waals surface area contributed by atoms with E-state index in [1.807, 2.05) is 12.1 Å². The van der Waals surface area contributed by atoms with Gasteiger partial charge in [-0.2, -0.15) is 0 Å². The number of benzene rings is 1. The molecule has 3 rings (SSSR count). The molecule has 5 nitrogen and oxygen atoms in total. The second-order valence-corrected chi connectivity index (χ2v) is 7.96. The van der Waals surface area contributed by atoms with E-state index in [9.17, 15) is 14.7 Å². The Balaban J connectivity index is 1.57. The number of aliphatic carboxylic acids is 1. The quantitative estimate of drug-likeness (QED) is 0.803. The van der Waals surface area contributed by atoms with Gasteiger partial charge in [0.25, 0.3) is 0 Å². The highest BCUT2D eigenvalue weighted by Crippen LogP contribution is 2.31. The first-order valence-electron chi connectivity index (χ1n) is 9.01. The molecule has 1 aromatic heterocycles.